The Morgan fingerprint density at radius 3 is 1.02 bits per heavy atom. The summed E-state index contributed by atoms with van der Waals surface area (Å²) < 4.78 is 0. The van der Waals surface area contributed by atoms with Crippen molar-refractivity contribution in [1.29, 1.82) is 0 Å². The molecule has 4 aliphatic heterocycles. The zero-order valence-corrected chi connectivity index (χ0v) is 48.8. The first kappa shape index (κ1) is 50.5. The maximum atomic E-state index is 5.60. The summed E-state index contributed by atoms with van der Waals surface area (Å²) in [5.41, 5.74) is 27.0. The first-order valence-corrected chi connectivity index (χ1v) is 28.9. The van der Waals surface area contributed by atoms with E-state index < -0.39 is 0 Å². The average Bonchev–Trinajstić information content (AvgIpc) is 3.01. The van der Waals surface area contributed by atoms with Crippen molar-refractivity contribution in [3.05, 3.63) is 222 Å². The lowest BCUT2D eigenvalue weighted by molar-refractivity contribution is 0.589. The number of benzene rings is 9. The van der Waals surface area contributed by atoms with Crippen molar-refractivity contribution < 1.29 is 0 Å². The Hall–Kier alpha value is -8.68. The smallest absolute Gasteiger partial charge is 0.252 e. The van der Waals surface area contributed by atoms with Gasteiger partial charge in [-0.15, -0.1) is 0 Å². The number of para-hydroxylation sites is 2. The van der Waals surface area contributed by atoms with Crippen LogP contribution in [-0.2, 0) is 21.7 Å². The van der Waals surface area contributed by atoms with Gasteiger partial charge in [0, 0.05) is 39.4 Å². The van der Waals surface area contributed by atoms with Crippen LogP contribution in [0, 0.1) is 0 Å². The summed E-state index contributed by atoms with van der Waals surface area (Å²) in [7, 11) is 0. The molecule has 10 aromatic rings. The fourth-order valence-electron chi connectivity index (χ4n) is 12.8. The topological polar surface area (TPSA) is 38.7 Å². The third-order valence-electron chi connectivity index (χ3n) is 17.2. The number of anilines is 12. The van der Waals surface area contributed by atoms with Gasteiger partial charge < -0.3 is 19.6 Å². The maximum absolute atomic E-state index is 5.60. The normalized spacial score (nSPS) is 14.0. The van der Waals surface area contributed by atoms with E-state index in [1.54, 1.807) is 0 Å². The van der Waals surface area contributed by atoms with Crippen LogP contribution >= 0.6 is 0 Å². The Labute approximate surface area is 479 Å². The number of rotatable bonds is 5. The molecule has 398 valence electrons. The second-order valence-corrected chi connectivity index (χ2v) is 26.8. The van der Waals surface area contributed by atoms with Crippen molar-refractivity contribution in [3.63, 3.8) is 0 Å². The number of fused-ring (bicyclic) bond motifs is 8. The molecule has 0 spiro atoms. The third-order valence-corrected chi connectivity index (χ3v) is 17.2. The molecule has 4 aliphatic rings. The SMILES string of the molecule is CC(C)(C)c1ccc2c(c1)N(c1ccccc1)c1cc(C(C)(C)C)cc3c1N2c1cc(-c2nc(-c4ccccc4)cc(-c4ccccc4)n2)cc2c1B3c1cc(C(C)(C)C)cc3c1N2c1ccc(C(C)(C)C)cc1N3c1ccccc1. The van der Waals surface area contributed by atoms with Gasteiger partial charge in [-0.3, -0.25) is 0 Å². The van der Waals surface area contributed by atoms with Crippen LogP contribution in [0.3, 0.4) is 0 Å². The molecule has 9 aromatic carbocycles. The number of aromatic nitrogens is 2. The Morgan fingerprint density at radius 2 is 0.654 bits per heavy atom. The molecule has 0 amide bonds. The van der Waals surface area contributed by atoms with Crippen LogP contribution < -0.4 is 36.0 Å². The Kier molecular flexibility index (Phi) is 11.2. The summed E-state index contributed by atoms with van der Waals surface area (Å²) in [5, 5.41) is 0. The number of hydrogen-bond donors (Lipinski definition) is 0. The number of hydrogen-bond acceptors (Lipinski definition) is 6. The first-order chi connectivity index (χ1) is 38.7. The van der Waals surface area contributed by atoms with E-state index in [-0.39, 0.29) is 28.4 Å². The van der Waals surface area contributed by atoms with Gasteiger partial charge in [0.05, 0.1) is 56.9 Å². The van der Waals surface area contributed by atoms with Crippen molar-refractivity contribution in [2.45, 2.75) is 105 Å². The van der Waals surface area contributed by atoms with E-state index in [0.29, 0.717) is 5.82 Å². The van der Waals surface area contributed by atoms with E-state index in [9.17, 15) is 0 Å². The van der Waals surface area contributed by atoms with Gasteiger partial charge in [-0.05, 0) is 139 Å². The Morgan fingerprint density at radius 1 is 0.296 bits per heavy atom. The molecule has 5 heterocycles. The Bertz CT molecular complexity index is 3900. The largest absolute Gasteiger partial charge is 0.307 e. The minimum absolute atomic E-state index is 0.103. The van der Waals surface area contributed by atoms with Crippen LogP contribution in [0.1, 0.15) is 105 Å². The molecule has 0 bridgehead atoms. The minimum Gasteiger partial charge on any atom is -0.307 e. The van der Waals surface area contributed by atoms with Crippen LogP contribution in [0.5, 0.6) is 0 Å². The fourth-order valence-corrected chi connectivity index (χ4v) is 12.8. The highest BCUT2D eigenvalue weighted by Crippen LogP contribution is 2.61. The van der Waals surface area contributed by atoms with Gasteiger partial charge in [-0.1, -0.05) is 204 Å². The van der Waals surface area contributed by atoms with Crippen LogP contribution in [0.2, 0.25) is 0 Å². The number of nitrogens with zero attached hydrogens (tertiary/aromatic N) is 6. The summed E-state index contributed by atoms with van der Waals surface area (Å²) in [5.74, 6) is 0.673. The zero-order valence-electron chi connectivity index (χ0n) is 48.8. The van der Waals surface area contributed by atoms with Crippen molar-refractivity contribution >= 4 is 91.3 Å². The van der Waals surface area contributed by atoms with Gasteiger partial charge in [0.15, 0.2) is 5.82 Å². The maximum Gasteiger partial charge on any atom is 0.252 e. The van der Waals surface area contributed by atoms with Gasteiger partial charge >= 0.3 is 0 Å². The standard InChI is InChI=1S/C74H69BN6/c1-71(2,3)49-33-35-59-61(41-49)78(53-29-21-15-22-30-53)65-43-51(73(7,8)9)39-55-68(65)80(59)63-37-48(70-76-57(46-25-17-13-18-26-46)45-58(77-70)47-27-19-14-20-28-47)38-64-67(63)75(55)56-40-52(74(10,11)12)44-66-69(56)81(64)60-36-34-50(72(4,5)6)42-62(60)79(66)54-31-23-16-24-32-54/h13-45H,1-12H3. The van der Waals surface area contributed by atoms with E-state index >= 15 is 0 Å². The molecule has 0 saturated carbocycles. The molecule has 6 nitrogen and oxygen atoms in total. The molecule has 0 N–H and O–H groups in total. The van der Waals surface area contributed by atoms with Crippen LogP contribution in [-0.4, -0.2) is 16.7 Å². The van der Waals surface area contributed by atoms with Crippen molar-refractivity contribution in [2.75, 3.05) is 19.6 Å². The molecule has 0 saturated heterocycles. The third kappa shape index (κ3) is 8.13. The summed E-state index contributed by atoms with van der Waals surface area (Å²) in [6.45, 7) is 28.0. The molecular formula is C74H69BN6. The van der Waals surface area contributed by atoms with Gasteiger partial charge in [-0.25, -0.2) is 9.97 Å². The second-order valence-electron chi connectivity index (χ2n) is 26.8. The average molecular weight is 1050 g/mol. The van der Waals surface area contributed by atoms with Crippen molar-refractivity contribution in [2.24, 2.45) is 0 Å². The predicted molar refractivity (Wildman–Crippen MR) is 344 cm³/mol. The quantitative estimate of drug-likeness (QED) is 0.160. The predicted octanol–water partition coefficient (Wildman–Crippen LogP) is 18.3. The lowest BCUT2D eigenvalue weighted by Gasteiger charge is -2.51. The van der Waals surface area contributed by atoms with Gasteiger partial charge in [-0.2, -0.15) is 0 Å². The van der Waals surface area contributed by atoms with E-state index in [1.165, 1.54) is 61.4 Å². The summed E-state index contributed by atoms with van der Waals surface area (Å²) >= 11 is 0. The molecule has 81 heavy (non-hydrogen) atoms. The summed E-state index contributed by atoms with van der Waals surface area (Å²) in [6.07, 6.45) is 0. The molecule has 0 atom stereocenters. The molecule has 0 unspecified atom stereocenters. The molecule has 0 fully saturated rings. The van der Waals surface area contributed by atoms with E-state index in [4.69, 9.17) is 9.97 Å². The zero-order chi connectivity index (χ0) is 56.1. The molecular weight excluding hydrogens is 984 g/mol. The molecule has 14 rings (SSSR count). The van der Waals surface area contributed by atoms with E-state index in [0.717, 1.165) is 73.6 Å². The first-order valence-electron chi connectivity index (χ1n) is 28.9. The second kappa shape index (κ2) is 17.9. The summed E-state index contributed by atoms with van der Waals surface area (Å²) in [6, 6.07) is 74.8. The van der Waals surface area contributed by atoms with Crippen LogP contribution in [0.25, 0.3) is 33.9 Å². The summed E-state index contributed by atoms with van der Waals surface area (Å²) in [4.78, 5) is 21.6. The van der Waals surface area contributed by atoms with E-state index in [1.807, 2.05) is 0 Å². The highest BCUT2D eigenvalue weighted by Gasteiger charge is 2.51. The van der Waals surface area contributed by atoms with Crippen molar-refractivity contribution in [3.8, 4) is 33.9 Å². The fraction of sp³-hybridized carbons (Fsp3) is 0.216. The minimum atomic E-state index is -0.183. The molecule has 1 aromatic heterocycles. The van der Waals surface area contributed by atoms with Crippen molar-refractivity contribution in [1.82, 2.24) is 9.97 Å². The molecule has 0 radical (unpaired) electrons. The van der Waals surface area contributed by atoms with Crippen LogP contribution in [0.15, 0.2) is 200 Å². The lowest BCUT2D eigenvalue weighted by Crippen LogP contribution is -2.62. The highest BCUT2D eigenvalue weighted by molar-refractivity contribution is 7.00. The van der Waals surface area contributed by atoms with Gasteiger partial charge in [0.25, 0.3) is 6.71 Å². The molecule has 7 heteroatoms. The van der Waals surface area contributed by atoms with Crippen LogP contribution in [0.4, 0.5) is 68.2 Å². The van der Waals surface area contributed by atoms with Gasteiger partial charge in [0.2, 0.25) is 0 Å². The van der Waals surface area contributed by atoms with E-state index in [2.05, 4.69) is 303 Å². The van der Waals surface area contributed by atoms with Gasteiger partial charge in [0.1, 0.15) is 0 Å². The lowest BCUT2D eigenvalue weighted by atomic mass is 9.32. The molecule has 0 aliphatic carbocycles. The Balaban J connectivity index is 1.17. The highest BCUT2D eigenvalue weighted by atomic mass is 15.3. The monoisotopic (exact) mass is 1050 g/mol.